The Labute approximate surface area is 182 Å². The van der Waals surface area contributed by atoms with E-state index in [0.717, 1.165) is 17.0 Å². The lowest BCUT2D eigenvalue weighted by Gasteiger charge is -2.31. The Hall–Kier alpha value is -2.91. The topological polar surface area (TPSA) is 84.0 Å². The van der Waals surface area contributed by atoms with Crippen molar-refractivity contribution in [3.05, 3.63) is 35.4 Å². The largest absolute Gasteiger partial charge is 0.467 e. The van der Waals surface area contributed by atoms with Gasteiger partial charge in [-0.1, -0.05) is 18.2 Å². The van der Waals surface area contributed by atoms with E-state index in [4.69, 9.17) is 4.74 Å². The van der Waals surface area contributed by atoms with E-state index >= 15 is 0 Å². The van der Waals surface area contributed by atoms with Gasteiger partial charge in [0.2, 0.25) is 17.7 Å². The molecule has 0 aromatic heterocycles. The standard InChI is InChI=1S/C22H23F3N2O5/c1-32-19(30)16-6-3-9-26(16)17(28)11-21(12-18(29)27(20(21)31)15-7-8-15)13-4-2-5-14(10-13)22(23,24)25/h2,4-5,10,15-16H,3,6-9,11-12H2,1H3/t16-,21-/m0/s1. The van der Waals surface area contributed by atoms with E-state index in [-0.39, 0.29) is 24.6 Å². The van der Waals surface area contributed by atoms with E-state index in [1.165, 1.54) is 24.1 Å². The van der Waals surface area contributed by atoms with Gasteiger partial charge in [-0.05, 0) is 37.3 Å². The van der Waals surface area contributed by atoms with E-state index < -0.39 is 53.3 Å². The number of ether oxygens (including phenoxy) is 1. The van der Waals surface area contributed by atoms with Gasteiger partial charge >= 0.3 is 12.1 Å². The predicted molar refractivity (Wildman–Crippen MR) is 104 cm³/mol. The first-order valence-electron chi connectivity index (χ1n) is 10.5. The summed E-state index contributed by atoms with van der Waals surface area (Å²) in [5.41, 5.74) is -2.71. The van der Waals surface area contributed by atoms with Crippen LogP contribution in [0.15, 0.2) is 24.3 Å². The number of carbonyl (C=O) groups is 4. The van der Waals surface area contributed by atoms with Crippen molar-refractivity contribution in [3.63, 3.8) is 0 Å². The lowest BCUT2D eigenvalue weighted by molar-refractivity contribution is -0.152. The Morgan fingerprint density at radius 3 is 2.53 bits per heavy atom. The summed E-state index contributed by atoms with van der Waals surface area (Å²) < 4.78 is 44.9. The summed E-state index contributed by atoms with van der Waals surface area (Å²) in [6.45, 7) is 0.270. The van der Waals surface area contributed by atoms with Crippen molar-refractivity contribution in [2.24, 2.45) is 0 Å². The van der Waals surface area contributed by atoms with Crippen molar-refractivity contribution in [3.8, 4) is 0 Å². The first kappa shape index (κ1) is 22.3. The van der Waals surface area contributed by atoms with Crippen LogP contribution in [-0.4, -0.2) is 59.2 Å². The maximum absolute atomic E-state index is 13.5. The summed E-state index contributed by atoms with van der Waals surface area (Å²) in [6, 6.07) is 3.18. The molecule has 0 bridgehead atoms. The summed E-state index contributed by atoms with van der Waals surface area (Å²) in [5.74, 6) is -2.29. The third-order valence-corrected chi connectivity index (χ3v) is 6.50. The van der Waals surface area contributed by atoms with E-state index in [1.54, 1.807) is 0 Å². The van der Waals surface area contributed by atoms with Gasteiger partial charge in [-0.2, -0.15) is 13.2 Å². The molecule has 1 aromatic rings. The Kier molecular flexibility index (Phi) is 5.50. The van der Waals surface area contributed by atoms with Gasteiger partial charge in [0.1, 0.15) is 6.04 Å². The molecule has 3 amide bonds. The van der Waals surface area contributed by atoms with Crippen LogP contribution in [-0.2, 0) is 35.5 Å². The molecule has 1 aliphatic carbocycles. The second-order valence-corrected chi connectivity index (χ2v) is 8.58. The second-order valence-electron chi connectivity index (χ2n) is 8.58. The van der Waals surface area contributed by atoms with Gasteiger partial charge in [0, 0.05) is 25.4 Å². The van der Waals surface area contributed by atoms with Crippen molar-refractivity contribution >= 4 is 23.7 Å². The molecule has 0 spiro atoms. The summed E-state index contributed by atoms with van der Waals surface area (Å²) in [6.07, 6.45) is -3.28. The molecule has 10 heteroatoms. The van der Waals surface area contributed by atoms with Crippen LogP contribution in [0.4, 0.5) is 13.2 Å². The van der Waals surface area contributed by atoms with Crippen LogP contribution in [0.5, 0.6) is 0 Å². The highest BCUT2D eigenvalue weighted by molar-refractivity contribution is 6.11. The number of nitrogens with zero attached hydrogens (tertiary/aromatic N) is 2. The zero-order valence-electron chi connectivity index (χ0n) is 17.5. The third-order valence-electron chi connectivity index (χ3n) is 6.50. The average molecular weight is 452 g/mol. The van der Waals surface area contributed by atoms with Crippen LogP contribution < -0.4 is 0 Å². The summed E-state index contributed by atoms with van der Waals surface area (Å²) in [5, 5.41) is 0. The van der Waals surface area contributed by atoms with Crippen molar-refractivity contribution in [1.82, 2.24) is 9.80 Å². The predicted octanol–water partition coefficient (Wildman–Crippen LogP) is 2.42. The molecule has 3 aliphatic rings. The molecular weight excluding hydrogens is 429 g/mol. The number of amides is 3. The molecule has 0 radical (unpaired) electrons. The Morgan fingerprint density at radius 2 is 1.91 bits per heavy atom. The maximum Gasteiger partial charge on any atom is 0.416 e. The monoisotopic (exact) mass is 452 g/mol. The number of halogens is 3. The first-order valence-corrected chi connectivity index (χ1v) is 10.5. The molecule has 2 aliphatic heterocycles. The lowest BCUT2D eigenvalue weighted by Crippen LogP contribution is -2.47. The summed E-state index contributed by atoms with van der Waals surface area (Å²) in [4.78, 5) is 53.9. The van der Waals surface area contributed by atoms with E-state index in [2.05, 4.69) is 0 Å². The van der Waals surface area contributed by atoms with Crippen LogP contribution in [0.25, 0.3) is 0 Å². The Balaban J connectivity index is 1.73. The van der Waals surface area contributed by atoms with Crippen LogP contribution in [0.2, 0.25) is 0 Å². The molecule has 1 aromatic carbocycles. The number of hydrogen-bond acceptors (Lipinski definition) is 5. The molecule has 32 heavy (non-hydrogen) atoms. The zero-order chi connectivity index (χ0) is 23.3. The molecule has 172 valence electrons. The summed E-state index contributed by atoms with van der Waals surface area (Å²) in [7, 11) is 1.21. The van der Waals surface area contributed by atoms with Crippen molar-refractivity contribution in [1.29, 1.82) is 0 Å². The molecular formula is C22H23F3N2O5. The molecule has 4 rings (SSSR count). The molecule has 1 saturated carbocycles. The van der Waals surface area contributed by atoms with Crippen LogP contribution in [0, 0.1) is 0 Å². The molecule has 2 heterocycles. The van der Waals surface area contributed by atoms with Gasteiger partial charge < -0.3 is 9.64 Å². The number of benzene rings is 1. The fraction of sp³-hybridized carbons (Fsp3) is 0.545. The number of hydrogen-bond donors (Lipinski definition) is 0. The number of rotatable bonds is 5. The van der Waals surface area contributed by atoms with Crippen LogP contribution >= 0.6 is 0 Å². The average Bonchev–Trinajstić information content (AvgIpc) is 3.38. The molecule has 2 saturated heterocycles. The highest BCUT2D eigenvalue weighted by atomic mass is 19.4. The first-order chi connectivity index (χ1) is 15.1. The quantitative estimate of drug-likeness (QED) is 0.506. The Morgan fingerprint density at radius 1 is 1.19 bits per heavy atom. The number of methoxy groups -OCH3 is 1. The molecule has 7 nitrogen and oxygen atoms in total. The third kappa shape index (κ3) is 3.75. The second kappa shape index (κ2) is 7.90. The van der Waals surface area contributed by atoms with Crippen LogP contribution in [0.3, 0.4) is 0 Å². The van der Waals surface area contributed by atoms with Gasteiger partial charge in [0.15, 0.2) is 0 Å². The molecule has 3 fully saturated rings. The minimum atomic E-state index is -4.64. The zero-order valence-corrected chi connectivity index (χ0v) is 17.5. The normalized spacial score (nSPS) is 26.1. The highest BCUT2D eigenvalue weighted by Crippen LogP contribution is 2.46. The van der Waals surface area contributed by atoms with Crippen LogP contribution in [0.1, 0.15) is 49.7 Å². The van der Waals surface area contributed by atoms with Gasteiger partial charge in [0.25, 0.3) is 0 Å². The van der Waals surface area contributed by atoms with Gasteiger partial charge in [-0.25, -0.2) is 4.79 Å². The summed E-state index contributed by atoms with van der Waals surface area (Å²) >= 11 is 0. The van der Waals surface area contributed by atoms with Gasteiger partial charge in [-0.3, -0.25) is 19.3 Å². The number of imide groups is 1. The number of alkyl halides is 3. The minimum Gasteiger partial charge on any atom is -0.467 e. The van der Waals surface area contributed by atoms with Crippen molar-refractivity contribution in [2.75, 3.05) is 13.7 Å². The minimum absolute atomic E-state index is 0.0176. The fourth-order valence-electron chi connectivity index (χ4n) is 4.73. The van der Waals surface area contributed by atoms with E-state index in [0.29, 0.717) is 25.7 Å². The maximum atomic E-state index is 13.5. The lowest BCUT2D eigenvalue weighted by atomic mass is 9.75. The Bertz CT molecular complexity index is 975. The molecule has 0 N–H and O–H groups in total. The number of likely N-dealkylation sites (tertiary alicyclic amines) is 2. The van der Waals surface area contributed by atoms with E-state index in [9.17, 15) is 32.3 Å². The smallest absolute Gasteiger partial charge is 0.416 e. The number of esters is 1. The van der Waals surface area contributed by atoms with E-state index in [1.807, 2.05) is 0 Å². The van der Waals surface area contributed by atoms with Gasteiger partial charge in [0.05, 0.1) is 18.1 Å². The highest BCUT2D eigenvalue weighted by Gasteiger charge is 2.58. The number of carbonyl (C=O) groups excluding carboxylic acids is 4. The SMILES string of the molecule is COC(=O)[C@@H]1CCCN1C(=O)C[C@@]1(c2cccc(C(F)(F)F)c2)CC(=O)N(C2CC2)C1=O. The molecule has 2 atom stereocenters. The fourth-order valence-corrected chi connectivity index (χ4v) is 4.73. The van der Waals surface area contributed by atoms with Crippen molar-refractivity contribution < 1.29 is 37.1 Å². The van der Waals surface area contributed by atoms with Gasteiger partial charge in [-0.15, -0.1) is 0 Å². The van der Waals surface area contributed by atoms with Crippen molar-refractivity contribution in [2.45, 2.75) is 62.2 Å². The molecule has 0 unspecified atom stereocenters.